The van der Waals surface area contributed by atoms with Crippen LogP contribution in [0.2, 0.25) is 0 Å². The predicted molar refractivity (Wildman–Crippen MR) is 104 cm³/mol. The lowest BCUT2D eigenvalue weighted by atomic mass is 10.0. The number of benzene rings is 2. The van der Waals surface area contributed by atoms with Gasteiger partial charge in [0.2, 0.25) is 0 Å². The molecule has 2 nitrogen and oxygen atoms in total. The summed E-state index contributed by atoms with van der Waals surface area (Å²) in [5.74, 6) is 1.02. The SMILES string of the molecule is CCCCCCOc1ccc(-c2ccc(C(=O)C(C)Br)cc2)cc1. The van der Waals surface area contributed by atoms with Crippen molar-refractivity contribution in [1.82, 2.24) is 0 Å². The van der Waals surface area contributed by atoms with Gasteiger partial charge in [-0.05, 0) is 36.6 Å². The fourth-order valence-corrected chi connectivity index (χ4v) is 2.78. The number of ketones is 1. The largest absolute Gasteiger partial charge is 0.494 e. The van der Waals surface area contributed by atoms with Gasteiger partial charge in [0.15, 0.2) is 5.78 Å². The van der Waals surface area contributed by atoms with E-state index in [-0.39, 0.29) is 10.6 Å². The number of halogens is 1. The van der Waals surface area contributed by atoms with Crippen LogP contribution in [0.15, 0.2) is 48.5 Å². The Morgan fingerprint density at radius 1 is 0.958 bits per heavy atom. The fourth-order valence-electron chi connectivity index (χ4n) is 2.52. The van der Waals surface area contributed by atoms with Gasteiger partial charge >= 0.3 is 0 Å². The lowest BCUT2D eigenvalue weighted by Crippen LogP contribution is -2.09. The van der Waals surface area contributed by atoms with E-state index in [2.05, 4.69) is 35.0 Å². The highest BCUT2D eigenvalue weighted by molar-refractivity contribution is 9.10. The number of ether oxygens (including phenoxy) is 1. The second-order valence-electron chi connectivity index (χ2n) is 5.99. The Bertz CT molecular complexity index is 630. The molecule has 0 radical (unpaired) electrons. The Morgan fingerprint density at radius 3 is 2.08 bits per heavy atom. The van der Waals surface area contributed by atoms with Crippen LogP contribution in [0.3, 0.4) is 0 Å². The monoisotopic (exact) mass is 388 g/mol. The topological polar surface area (TPSA) is 26.3 Å². The standard InChI is InChI=1S/C21H25BrO2/c1-3-4-5-6-15-24-20-13-11-18(12-14-20)17-7-9-19(10-8-17)21(23)16(2)22/h7-14,16H,3-6,15H2,1-2H3. The molecule has 0 heterocycles. The fraction of sp³-hybridized carbons (Fsp3) is 0.381. The first-order chi connectivity index (χ1) is 11.6. The highest BCUT2D eigenvalue weighted by atomic mass is 79.9. The van der Waals surface area contributed by atoms with Gasteiger partial charge in [-0.2, -0.15) is 0 Å². The molecule has 0 fully saturated rings. The van der Waals surface area contributed by atoms with Crippen molar-refractivity contribution in [3.8, 4) is 16.9 Å². The molecule has 0 N–H and O–H groups in total. The number of hydrogen-bond donors (Lipinski definition) is 0. The van der Waals surface area contributed by atoms with E-state index in [0.29, 0.717) is 0 Å². The number of rotatable bonds is 9. The van der Waals surface area contributed by atoms with Gasteiger partial charge in [-0.15, -0.1) is 0 Å². The highest BCUT2D eigenvalue weighted by Crippen LogP contribution is 2.23. The minimum atomic E-state index is -0.155. The normalized spacial score (nSPS) is 12.0. The molecule has 0 aliphatic rings. The zero-order valence-corrected chi connectivity index (χ0v) is 16.0. The van der Waals surface area contributed by atoms with Crippen LogP contribution >= 0.6 is 15.9 Å². The average molecular weight is 389 g/mol. The summed E-state index contributed by atoms with van der Waals surface area (Å²) in [4.78, 5) is 11.8. The van der Waals surface area contributed by atoms with Crippen LogP contribution in [-0.4, -0.2) is 17.2 Å². The molecule has 0 aliphatic carbocycles. The van der Waals surface area contributed by atoms with Crippen molar-refractivity contribution in [1.29, 1.82) is 0 Å². The first kappa shape index (κ1) is 18.7. The van der Waals surface area contributed by atoms with Gasteiger partial charge in [0.1, 0.15) is 5.75 Å². The predicted octanol–water partition coefficient (Wildman–Crippen LogP) is 6.28. The highest BCUT2D eigenvalue weighted by Gasteiger charge is 2.11. The van der Waals surface area contributed by atoms with E-state index in [9.17, 15) is 4.79 Å². The summed E-state index contributed by atoms with van der Waals surface area (Å²) >= 11 is 3.32. The number of carbonyl (C=O) groups excluding carboxylic acids is 1. The van der Waals surface area contributed by atoms with Crippen molar-refractivity contribution in [2.24, 2.45) is 0 Å². The first-order valence-corrected chi connectivity index (χ1v) is 9.55. The summed E-state index contributed by atoms with van der Waals surface area (Å²) in [6.07, 6.45) is 4.85. The second-order valence-corrected chi connectivity index (χ2v) is 7.36. The van der Waals surface area contributed by atoms with Crippen molar-refractivity contribution in [3.63, 3.8) is 0 Å². The van der Waals surface area contributed by atoms with Gasteiger partial charge < -0.3 is 4.74 Å². The van der Waals surface area contributed by atoms with Gasteiger partial charge in [0, 0.05) is 5.56 Å². The number of hydrogen-bond acceptors (Lipinski definition) is 2. The van der Waals surface area contributed by atoms with E-state index < -0.39 is 0 Å². The van der Waals surface area contributed by atoms with Crippen molar-refractivity contribution < 1.29 is 9.53 Å². The molecule has 1 atom stereocenters. The van der Waals surface area contributed by atoms with Crippen LogP contribution in [0, 0.1) is 0 Å². The van der Waals surface area contributed by atoms with Gasteiger partial charge in [-0.3, -0.25) is 4.79 Å². The Labute approximate surface area is 153 Å². The number of alkyl halides is 1. The molecule has 0 aliphatic heterocycles. The Hall–Kier alpha value is -1.61. The molecule has 0 saturated heterocycles. The van der Waals surface area contributed by atoms with E-state index >= 15 is 0 Å². The van der Waals surface area contributed by atoms with Crippen molar-refractivity contribution in [2.75, 3.05) is 6.61 Å². The number of unbranched alkanes of at least 4 members (excludes halogenated alkanes) is 3. The molecule has 128 valence electrons. The van der Waals surface area contributed by atoms with Crippen LogP contribution in [0.25, 0.3) is 11.1 Å². The molecule has 0 aromatic heterocycles. The van der Waals surface area contributed by atoms with E-state index in [1.165, 1.54) is 19.3 Å². The third-order valence-electron chi connectivity index (χ3n) is 3.98. The average Bonchev–Trinajstić information content (AvgIpc) is 2.61. The molecule has 0 bridgehead atoms. The van der Waals surface area contributed by atoms with E-state index in [1.807, 2.05) is 43.3 Å². The Morgan fingerprint density at radius 2 is 1.54 bits per heavy atom. The molecule has 24 heavy (non-hydrogen) atoms. The number of carbonyl (C=O) groups is 1. The van der Waals surface area contributed by atoms with Crippen LogP contribution in [-0.2, 0) is 0 Å². The molecule has 0 saturated carbocycles. The zero-order chi connectivity index (χ0) is 17.4. The summed E-state index contributed by atoms with van der Waals surface area (Å²) in [5, 5.41) is 0. The molecule has 0 amide bonds. The maximum Gasteiger partial charge on any atom is 0.176 e. The van der Waals surface area contributed by atoms with E-state index in [4.69, 9.17) is 4.74 Å². The lowest BCUT2D eigenvalue weighted by molar-refractivity contribution is 0.0996. The van der Waals surface area contributed by atoms with Crippen molar-refractivity contribution >= 4 is 21.7 Å². The van der Waals surface area contributed by atoms with Crippen LogP contribution in [0.1, 0.15) is 49.9 Å². The lowest BCUT2D eigenvalue weighted by Gasteiger charge is -2.08. The summed E-state index contributed by atoms with van der Waals surface area (Å²) < 4.78 is 5.77. The van der Waals surface area contributed by atoms with E-state index in [0.717, 1.165) is 35.5 Å². The Kier molecular flexibility index (Phi) is 7.51. The zero-order valence-electron chi connectivity index (χ0n) is 14.4. The summed E-state index contributed by atoms with van der Waals surface area (Å²) in [7, 11) is 0. The van der Waals surface area contributed by atoms with Crippen LogP contribution < -0.4 is 4.74 Å². The molecular formula is C21H25BrO2. The molecule has 3 heteroatoms. The second kappa shape index (κ2) is 9.63. The van der Waals surface area contributed by atoms with Crippen molar-refractivity contribution in [3.05, 3.63) is 54.1 Å². The third kappa shape index (κ3) is 5.48. The maximum absolute atomic E-state index is 11.9. The molecule has 1 unspecified atom stereocenters. The van der Waals surface area contributed by atoms with Gasteiger partial charge in [0.25, 0.3) is 0 Å². The third-order valence-corrected chi connectivity index (χ3v) is 4.40. The van der Waals surface area contributed by atoms with Crippen molar-refractivity contribution in [2.45, 2.75) is 44.4 Å². The van der Waals surface area contributed by atoms with Gasteiger partial charge in [-0.1, -0.05) is 78.5 Å². The Balaban J connectivity index is 1.94. The van der Waals surface area contributed by atoms with Crippen LogP contribution in [0.5, 0.6) is 5.75 Å². The maximum atomic E-state index is 11.9. The summed E-state index contributed by atoms with van der Waals surface area (Å²) in [6, 6.07) is 15.9. The number of Topliss-reactive ketones (excluding diaryl/α,β-unsaturated/α-hetero) is 1. The molecule has 2 aromatic carbocycles. The van der Waals surface area contributed by atoms with E-state index in [1.54, 1.807) is 0 Å². The smallest absolute Gasteiger partial charge is 0.176 e. The quantitative estimate of drug-likeness (QED) is 0.287. The minimum Gasteiger partial charge on any atom is -0.494 e. The molecule has 2 rings (SSSR count). The summed E-state index contributed by atoms with van der Waals surface area (Å²) in [5.41, 5.74) is 2.96. The minimum absolute atomic E-state index is 0.105. The van der Waals surface area contributed by atoms with Crippen LogP contribution in [0.4, 0.5) is 0 Å². The first-order valence-electron chi connectivity index (χ1n) is 8.63. The molecule has 2 aromatic rings. The van der Waals surface area contributed by atoms with Gasteiger partial charge in [0.05, 0.1) is 11.4 Å². The molecule has 0 spiro atoms. The van der Waals surface area contributed by atoms with Gasteiger partial charge in [-0.25, -0.2) is 0 Å². The summed E-state index contributed by atoms with van der Waals surface area (Å²) in [6.45, 7) is 4.83. The molecular weight excluding hydrogens is 364 g/mol.